The fourth-order valence-electron chi connectivity index (χ4n) is 3.46. The Morgan fingerprint density at radius 1 is 1.36 bits per heavy atom. The number of thiazole rings is 1. The molecule has 0 bridgehead atoms. The zero-order valence-electron chi connectivity index (χ0n) is 15.9. The summed E-state index contributed by atoms with van der Waals surface area (Å²) in [4.78, 5) is 35.0. The second-order valence-electron chi connectivity index (χ2n) is 7.85. The van der Waals surface area contributed by atoms with Gasteiger partial charge in [-0.15, -0.1) is 11.3 Å². The number of fused-ring (bicyclic) bond motifs is 1. The van der Waals surface area contributed by atoms with Crippen LogP contribution in [0.5, 0.6) is 0 Å². The molecule has 7 heteroatoms. The molecule has 4 rings (SSSR count). The number of pyridine rings is 1. The second-order valence-corrected chi connectivity index (χ2v) is 8.57. The minimum atomic E-state index is -0.456. The molecule has 1 N–H and O–H groups in total. The Labute approximate surface area is 168 Å². The molecule has 0 saturated carbocycles. The summed E-state index contributed by atoms with van der Waals surface area (Å²) in [5.41, 5.74) is 5.39. The molecule has 1 saturated heterocycles. The number of anilines is 1. The molecule has 0 atom stereocenters. The summed E-state index contributed by atoms with van der Waals surface area (Å²) >= 11 is 1.57. The van der Waals surface area contributed by atoms with Gasteiger partial charge in [-0.25, -0.2) is 9.97 Å². The summed E-state index contributed by atoms with van der Waals surface area (Å²) < 4.78 is 0. The van der Waals surface area contributed by atoms with Crippen LogP contribution in [0.25, 0.3) is 12.2 Å². The Morgan fingerprint density at radius 2 is 2.21 bits per heavy atom. The number of likely N-dealkylation sites (tertiary alicyclic amines) is 1. The highest BCUT2D eigenvalue weighted by atomic mass is 32.1. The van der Waals surface area contributed by atoms with Crippen LogP contribution in [-0.4, -0.2) is 39.8 Å². The van der Waals surface area contributed by atoms with Gasteiger partial charge in [0.25, 0.3) is 0 Å². The lowest BCUT2D eigenvalue weighted by molar-refractivity contribution is -0.125. The van der Waals surface area contributed by atoms with Gasteiger partial charge in [-0.3, -0.25) is 9.59 Å². The van der Waals surface area contributed by atoms with Crippen LogP contribution in [0.3, 0.4) is 0 Å². The Morgan fingerprint density at radius 3 is 3.00 bits per heavy atom. The third kappa shape index (κ3) is 3.89. The first-order valence-corrected chi connectivity index (χ1v) is 10.2. The number of rotatable bonds is 3. The lowest BCUT2D eigenvalue weighted by atomic mass is 9.82. The van der Waals surface area contributed by atoms with Gasteiger partial charge in [-0.05, 0) is 47.8 Å². The van der Waals surface area contributed by atoms with E-state index < -0.39 is 5.41 Å². The molecule has 0 radical (unpaired) electrons. The Hall–Kier alpha value is -2.80. The molecule has 2 aliphatic rings. The van der Waals surface area contributed by atoms with Crippen molar-refractivity contribution < 1.29 is 9.59 Å². The van der Waals surface area contributed by atoms with Gasteiger partial charge < -0.3 is 10.2 Å². The second kappa shape index (κ2) is 7.31. The van der Waals surface area contributed by atoms with Gasteiger partial charge in [0.15, 0.2) is 0 Å². The molecule has 0 unspecified atom stereocenters. The molecule has 0 aromatic carbocycles. The molecule has 2 aromatic rings. The highest BCUT2D eigenvalue weighted by Crippen LogP contribution is 2.32. The smallest absolute Gasteiger partial charge is 0.246 e. The minimum absolute atomic E-state index is 0.00645. The van der Waals surface area contributed by atoms with Crippen molar-refractivity contribution >= 4 is 41.1 Å². The molecule has 2 aliphatic heterocycles. The summed E-state index contributed by atoms with van der Waals surface area (Å²) in [6.07, 6.45) is 8.65. The van der Waals surface area contributed by atoms with Gasteiger partial charge in [-0.1, -0.05) is 13.8 Å². The maximum Gasteiger partial charge on any atom is 0.246 e. The van der Waals surface area contributed by atoms with Crippen LogP contribution in [0, 0.1) is 5.41 Å². The van der Waals surface area contributed by atoms with Crippen LogP contribution < -0.4 is 5.32 Å². The van der Waals surface area contributed by atoms with Crippen molar-refractivity contribution in [2.45, 2.75) is 26.7 Å². The predicted molar refractivity (Wildman–Crippen MR) is 111 cm³/mol. The molecule has 1 fully saturated rings. The number of hydrogen-bond acceptors (Lipinski definition) is 5. The number of nitrogens with zero attached hydrogens (tertiary/aromatic N) is 3. The molecule has 2 amide bonds. The van der Waals surface area contributed by atoms with Crippen molar-refractivity contribution in [3.05, 3.63) is 51.6 Å². The van der Waals surface area contributed by atoms with E-state index in [1.807, 2.05) is 35.7 Å². The third-order valence-corrected chi connectivity index (χ3v) is 5.70. The normalized spacial score (nSPS) is 19.9. The van der Waals surface area contributed by atoms with E-state index in [2.05, 4.69) is 21.4 Å². The average Bonchev–Trinajstić information content (AvgIpc) is 3.33. The van der Waals surface area contributed by atoms with Crippen molar-refractivity contribution in [2.24, 2.45) is 5.41 Å². The van der Waals surface area contributed by atoms with Crippen molar-refractivity contribution in [1.82, 2.24) is 14.9 Å². The quantitative estimate of drug-likeness (QED) is 0.810. The van der Waals surface area contributed by atoms with Crippen molar-refractivity contribution in [1.29, 1.82) is 0 Å². The summed E-state index contributed by atoms with van der Waals surface area (Å²) in [6.45, 7) is 5.20. The maximum atomic E-state index is 12.5. The van der Waals surface area contributed by atoms with Crippen molar-refractivity contribution in [3.8, 4) is 0 Å². The molecule has 0 spiro atoms. The van der Waals surface area contributed by atoms with Gasteiger partial charge in [0.05, 0.1) is 11.2 Å². The van der Waals surface area contributed by atoms with E-state index in [9.17, 15) is 9.59 Å². The fourth-order valence-corrected chi connectivity index (χ4v) is 3.98. The Kier molecular flexibility index (Phi) is 4.85. The first-order chi connectivity index (χ1) is 13.4. The van der Waals surface area contributed by atoms with E-state index in [1.54, 1.807) is 29.7 Å². The van der Waals surface area contributed by atoms with Crippen molar-refractivity contribution in [3.63, 3.8) is 0 Å². The molecular formula is C21H22N4O2S. The van der Waals surface area contributed by atoms with Crippen LogP contribution in [0.1, 0.15) is 37.1 Å². The van der Waals surface area contributed by atoms with Gasteiger partial charge >= 0.3 is 0 Å². The zero-order valence-corrected chi connectivity index (χ0v) is 16.8. The summed E-state index contributed by atoms with van der Waals surface area (Å²) in [5, 5.41) is 4.85. The van der Waals surface area contributed by atoms with E-state index in [0.29, 0.717) is 18.8 Å². The van der Waals surface area contributed by atoms with E-state index >= 15 is 0 Å². The monoisotopic (exact) mass is 394 g/mol. The van der Waals surface area contributed by atoms with Gasteiger partial charge in [-0.2, -0.15) is 0 Å². The first-order valence-electron chi connectivity index (χ1n) is 9.26. The van der Waals surface area contributed by atoms with Crippen molar-refractivity contribution in [2.75, 3.05) is 18.4 Å². The van der Waals surface area contributed by atoms with Crippen LogP contribution >= 0.6 is 11.3 Å². The molecule has 2 aromatic heterocycles. The highest BCUT2D eigenvalue weighted by molar-refractivity contribution is 7.07. The number of carbonyl (C=O) groups is 2. The average molecular weight is 395 g/mol. The van der Waals surface area contributed by atoms with Gasteiger partial charge in [0, 0.05) is 36.2 Å². The largest absolute Gasteiger partial charge is 0.335 e. The molecular weight excluding hydrogens is 372 g/mol. The molecule has 6 nitrogen and oxygen atoms in total. The van der Waals surface area contributed by atoms with Crippen LogP contribution in [-0.2, 0) is 16.0 Å². The molecule has 0 aliphatic carbocycles. The highest BCUT2D eigenvalue weighted by Gasteiger charge is 2.34. The predicted octanol–water partition coefficient (Wildman–Crippen LogP) is 3.39. The lowest BCUT2D eigenvalue weighted by Gasteiger charge is -2.29. The number of hydrogen-bond donors (Lipinski definition) is 1. The summed E-state index contributed by atoms with van der Waals surface area (Å²) in [7, 11) is 0. The number of aromatic nitrogens is 2. The molecule has 144 valence electrons. The minimum Gasteiger partial charge on any atom is -0.335 e. The van der Waals surface area contributed by atoms with E-state index in [-0.39, 0.29) is 11.8 Å². The molecule has 4 heterocycles. The van der Waals surface area contributed by atoms with Crippen LogP contribution in [0.15, 0.2) is 34.8 Å². The number of carbonyl (C=O) groups excluding carboxylic acids is 2. The third-order valence-electron chi connectivity index (χ3n) is 5.10. The number of amides is 2. The number of nitrogens with one attached hydrogen (secondary N) is 1. The van der Waals surface area contributed by atoms with Gasteiger partial charge in [0.2, 0.25) is 11.8 Å². The first kappa shape index (κ1) is 18.6. The SMILES string of the molecule is CC1(C)Cc2cc(/C=C/C(=O)N3CC/C(=C/c4cscn4)C3)cnc2NC1=O. The maximum absolute atomic E-state index is 12.5. The topological polar surface area (TPSA) is 75.2 Å². The summed E-state index contributed by atoms with van der Waals surface area (Å²) in [6, 6.07) is 1.99. The zero-order chi connectivity index (χ0) is 19.7. The molecule has 28 heavy (non-hydrogen) atoms. The standard InChI is InChI=1S/C21H22N4O2S/c1-21(2)9-16-7-14(10-22-19(16)24-20(21)27)3-4-18(26)25-6-5-15(11-25)8-17-12-28-13-23-17/h3-4,7-8,10,12-13H,5-6,9,11H2,1-2H3,(H,22,24,27)/b4-3+,15-8-. The fraction of sp³-hybridized carbons (Fsp3) is 0.333. The van der Waals surface area contributed by atoms with Crippen LogP contribution in [0.2, 0.25) is 0 Å². The summed E-state index contributed by atoms with van der Waals surface area (Å²) in [5.74, 6) is 0.596. The van der Waals surface area contributed by atoms with Gasteiger partial charge in [0.1, 0.15) is 5.82 Å². The lowest BCUT2D eigenvalue weighted by Crippen LogP contribution is -2.37. The Bertz CT molecular complexity index is 976. The van der Waals surface area contributed by atoms with E-state index in [0.717, 1.165) is 29.8 Å². The van der Waals surface area contributed by atoms with E-state index in [1.165, 1.54) is 5.57 Å². The van der Waals surface area contributed by atoms with Crippen LogP contribution in [0.4, 0.5) is 5.82 Å². The Balaban J connectivity index is 1.42. The van der Waals surface area contributed by atoms with E-state index in [4.69, 9.17) is 0 Å².